The standard InChI is InChI=1S/C15H13NO4/c17-14(10-12-4-2-1-3-5-12)11-20-15-8-6-13(7-9-15)16(18)19/h1-9H,10-11H2. The molecule has 0 heterocycles. The lowest BCUT2D eigenvalue weighted by molar-refractivity contribution is -0.384. The molecule has 0 bridgehead atoms. The van der Waals surface area contributed by atoms with Crippen molar-refractivity contribution in [3.63, 3.8) is 0 Å². The first kappa shape index (κ1) is 13.7. The molecule has 20 heavy (non-hydrogen) atoms. The van der Waals surface area contributed by atoms with Gasteiger partial charge in [-0.15, -0.1) is 0 Å². The van der Waals surface area contributed by atoms with Crippen molar-refractivity contribution in [3.8, 4) is 5.75 Å². The van der Waals surface area contributed by atoms with Crippen LogP contribution in [0.3, 0.4) is 0 Å². The van der Waals surface area contributed by atoms with Crippen LogP contribution in [0.5, 0.6) is 5.75 Å². The van der Waals surface area contributed by atoms with Crippen LogP contribution < -0.4 is 4.74 Å². The molecule has 0 aromatic heterocycles. The Kier molecular flexibility index (Phi) is 4.44. The van der Waals surface area contributed by atoms with Gasteiger partial charge in [-0.2, -0.15) is 0 Å². The molecule has 2 aromatic carbocycles. The lowest BCUT2D eigenvalue weighted by Gasteiger charge is -2.05. The Balaban J connectivity index is 1.85. The molecule has 5 nitrogen and oxygen atoms in total. The Hall–Kier alpha value is -2.69. The maximum atomic E-state index is 11.7. The molecule has 0 radical (unpaired) electrons. The highest BCUT2D eigenvalue weighted by Crippen LogP contribution is 2.17. The summed E-state index contributed by atoms with van der Waals surface area (Å²) in [7, 11) is 0. The van der Waals surface area contributed by atoms with Crippen LogP contribution >= 0.6 is 0 Å². The SMILES string of the molecule is O=C(COc1ccc([N+](=O)[O-])cc1)Cc1ccccc1. The highest BCUT2D eigenvalue weighted by Gasteiger charge is 2.07. The van der Waals surface area contributed by atoms with E-state index in [0.29, 0.717) is 12.2 Å². The van der Waals surface area contributed by atoms with Crippen LogP contribution in [-0.4, -0.2) is 17.3 Å². The van der Waals surface area contributed by atoms with Crippen molar-refractivity contribution in [2.75, 3.05) is 6.61 Å². The molecule has 0 fully saturated rings. The Morgan fingerprint density at radius 1 is 1.05 bits per heavy atom. The fourth-order valence-corrected chi connectivity index (χ4v) is 1.70. The van der Waals surface area contributed by atoms with Gasteiger partial charge in [0.2, 0.25) is 0 Å². The van der Waals surface area contributed by atoms with Crippen molar-refractivity contribution < 1.29 is 14.5 Å². The van der Waals surface area contributed by atoms with E-state index in [1.54, 1.807) is 0 Å². The summed E-state index contributed by atoms with van der Waals surface area (Å²) in [5.41, 5.74) is 0.928. The minimum absolute atomic E-state index is 0.00652. The molecule has 0 amide bonds. The van der Waals surface area contributed by atoms with E-state index >= 15 is 0 Å². The fraction of sp³-hybridized carbons (Fsp3) is 0.133. The van der Waals surface area contributed by atoms with Crippen molar-refractivity contribution in [1.82, 2.24) is 0 Å². The topological polar surface area (TPSA) is 69.4 Å². The molecule has 0 unspecified atom stereocenters. The van der Waals surface area contributed by atoms with Crippen LogP contribution in [0.1, 0.15) is 5.56 Å². The Morgan fingerprint density at radius 3 is 2.30 bits per heavy atom. The van der Waals surface area contributed by atoms with Crippen molar-refractivity contribution in [3.05, 3.63) is 70.3 Å². The van der Waals surface area contributed by atoms with Gasteiger partial charge in [0, 0.05) is 18.6 Å². The smallest absolute Gasteiger partial charge is 0.269 e. The van der Waals surface area contributed by atoms with Gasteiger partial charge in [0.05, 0.1) is 4.92 Å². The summed E-state index contributed by atoms with van der Waals surface area (Å²) in [5, 5.41) is 10.5. The number of benzene rings is 2. The first-order chi connectivity index (χ1) is 9.65. The maximum absolute atomic E-state index is 11.7. The van der Waals surface area contributed by atoms with Crippen molar-refractivity contribution in [2.45, 2.75) is 6.42 Å². The number of nitrogens with zero attached hydrogens (tertiary/aromatic N) is 1. The highest BCUT2D eigenvalue weighted by molar-refractivity contribution is 5.82. The number of nitro groups is 1. The zero-order valence-corrected chi connectivity index (χ0v) is 10.7. The summed E-state index contributed by atoms with van der Waals surface area (Å²) < 4.78 is 5.30. The average Bonchev–Trinajstić information content (AvgIpc) is 2.46. The van der Waals surface area contributed by atoms with E-state index in [4.69, 9.17) is 4.74 Å². The lowest BCUT2D eigenvalue weighted by Crippen LogP contribution is -2.13. The molecule has 5 heteroatoms. The van der Waals surface area contributed by atoms with Gasteiger partial charge in [0.25, 0.3) is 5.69 Å². The first-order valence-electron chi connectivity index (χ1n) is 6.08. The van der Waals surface area contributed by atoms with E-state index in [0.717, 1.165) is 5.56 Å². The number of nitro benzene ring substituents is 1. The van der Waals surface area contributed by atoms with Crippen molar-refractivity contribution >= 4 is 11.5 Å². The van der Waals surface area contributed by atoms with E-state index in [1.165, 1.54) is 24.3 Å². The van der Waals surface area contributed by atoms with Gasteiger partial charge in [-0.05, 0) is 17.7 Å². The van der Waals surface area contributed by atoms with Crippen molar-refractivity contribution in [2.24, 2.45) is 0 Å². The summed E-state index contributed by atoms with van der Waals surface area (Å²) in [4.78, 5) is 21.7. The van der Waals surface area contributed by atoms with Crippen LogP contribution in [-0.2, 0) is 11.2 Å². The highest BCUT2D eigenvalue weighted by atomic mass is 16.6. The second-order valence-corrected chi connectivity index (χ2v) is 4.24. The maximum Gasteiger partial charge on any atom is 0.269 e. The van der Waals surface area contributed by atoms with E-state index in [-0.39, 0.29) is 18.1 Å². The van der Waals surface area contributed by atoms with E-state index in [9.17, 15) is 14.9 Å². The molecular formula is C15H13NO4. The van der Waals surface area contributed by atoms with Gasteiger partial charge in [-0.25, -0.2) is 0 Å². The zero-order valence-electron chi connectivity index (χ0n) is 10.7. The van der Waals surface area contributed by atoms with Crippen LogP contribution in [0.25, 0.3) is 0 Å². The van der Waals surface area contributed by atoms with Crippen LogP contribution in [0.4, 0.5) is 5.69 Å². The molecule has 0 aliphatic heterocycles. The molecule has 0 N–H and O–H groups in total. The van der Waals surface area contributed by atoms with Gasteiger partial charge in [0.1, 0.15) is 12.4 Å². The van der Waals surface area contributed by atoms with E-state index in [1.807, 2.05) is 30.3 Å². The molecule has 0 spiro atoms. The van der Waals surface area contributed by atoms with Crippen LogP contribution in [0.2, 0.25) is 0 Å². The summed E-state index contributed by atoms with van der Waals surface area (Å²) in [5.74, 6) is 0.395. The molecule has 102 valence electrons. The normalized spacial score (nSPS) is 10.0. The molecule has 2 rings (SSSR count). The van der Waals surface area contributed by atoms with Gasteiger partial charge in [0.15, 0.2) is 5.78 Å². The summed E-state index contributed by atoms with van der Waals surface area (Å²) in [6, 6.07) is 15.0. The molecule has 0 aliphatic rings. The first-order valence-corrected chi connectivity index (χ1v) is 6.08. The fourth-order valence-electron chi connectivity index (χ4n) is 1.70. The number of ketones is 1. The quantitative estimate of drug-likeness (QED) is 0.598. The predicted molar refractivity (Wildman–Crippen MR) is 73.7 cm³/mol. The Bertz CT molecular complexity index is 593. The second kappa shape index (κ2) is 6.47. The van der Waals surface area contributed by atoms with Gasteiger partial charge < -0.3 is 4.74 Å². The zero-order chi connectivity index (χ0) is 14.4. The number of hydrogen-bond acceptors (Lipinski definition) is 4. The monoisotopic (exact) mass is 271 g/mol. The Labute approximate surface area is 116 Å². The molecule has 0 saturated carbocycles. The number of non-ortho nitro benzene ring substituents is 1. The molecule has 2 aromatic rings. The summed E-state index contributed by atoms with van der Waals surface area (Å²) in [6.45, 7) is -0.0489. The minimum Gasteiger partial charge on any atom is -0.486 e. The third-order valence-electron chi connectivity index (χ3n) is 2.69. The largest absolute Gasteiger partial charge is 0.486 e. The molecule has 0 saturated heterocycles. The minimum atomic E-state index is -0.482. The lowest BCUT2D eigenvalue weighted by atomic mass is 10.1. The predicted octanol–water partition coefficient (Wildman–Crippen LogP) is 2.79. The third-order valence-corrected chi connectivity index (χ3v) is 2.69. The van der Waals surface area contributed by atoms with Gasteiger partial charge in [-0.1, -0.05) is 30.3 Å². The number of carbonyl (C=O) groups excluding carboxylic acids is 1. The number of Topliss-reactive ketones (excluding diaryl/α,β-unsaturated/α-hetero) is 1. The average molecular weight is 271 g/mol. The Morgan fingerprint density at radius 2 is 1.70 bits per heavy atom. The van der Waals surface area contributed by atoms with Gasteiger partial charge >= 0.3 is 0 Å². The third kappa shape index (κ3) is 3.91. The number of carbonyl (C=O) groups is 1. The van der Waals surface area contributed by atoms with E-state index in [2.05, 4.69) is 0 Å². The summed E-state index contributed by atoms with van der Waals surface area (Å²) >= 11 is 0. The van der Waals surface area contributed by atoms with Crippen molar-refractivity contribution in [1.29, 1.82) is 0 Å². The summed E-state index contributed by atoms with van der Waals surface area (Å²) in [6.07, 6.45) is 0.313. The van der Waals surface area contributed by atoms with Crippen LogP contribution in [0, 0.1) is 10.1 Å². The molecule has 0 aliphatic carbocycles. The van der Waals surface area contributed by atoms with E-state index < -0.39 is 4.92 Å². The van der Waals surface area contributed by atoms with Gasteiger partial charge in [-0.3, -0.25) is 14.9 Å². The number of ether oxygens (including phenoxy) is 1. The molecule has 0 atom stereocenters. The molecular weight excluding hydrogens is 258 g/mol. The number of hydrogen-bond donors (Lipinski definition) is 0. The number of rotatable bonds is 6. The van der Waals surface area contributed by atoms with Crippen LogP contribution in [0.15, 0.2) is 54.6 Å². The second-order valence-electron chi connectivity index (χ2n) is 4.24.